The highest BCUT2D eigenvalue weighted by atomic mass is 32.2. The lowest BCUT2D eigenvalue weighted by atomic mass is 10.2. The van der Waals surface area contributed by atoms with Crippen LogP contribution in [0.3, 0.4) is 0 Å². The first-order chi connectivity index (χ1) is 15.1. The number of carbonyl (C=O) groups is 1. The van der Waals surface area contributed by atoms with Crippen molar-refractivity contribution in [3.63, 3.8) is 0 Å². The van der Waals surface area contributed by atoms with Crippen molar-refractivity contribution in [2.24, 2.45) is 0 Å². The minimum absolute atomic E-state index is 0.0219. The van der Waals surface area contributed by atoms with E-state index in [0.29, 0.717) is 11.8 Å². The largest absolute Gasteiger partial charge is 0.325 e. The maximum absolute atomic E-state index is 12.3. The standard InChI is InChI=1S/C21H22N8OS/c1-13-11-17(28-27-13)25-21-26-19(12-18-23-9-10-29(18)21)31-15-6-4-14(5-7-15)24-20(30)16-3-2-8-22-16/h4-7,9-12,16,22H,2-3,8H2,1H3,(H,24,30)(H2,25,26,27,28). The molecular formula is C21H22N8OS. The van der Waals surface area contributed by atoms with Gasteiger partial charge in [-0.15, -0.1) is 0 Å². The predicted octanol–water partition coefficient (Wildman–Crippen LogP) is 3.35. The molecular weight excluding hydrogens is 412 g/mol. The minimum atomic E-state index is -0.0937. The Morgan fingerprint density at radius 1 is 1.26 bits per heavy atom. The van der Waals surface area contributed by atoms with Gasteiger partial charge < -0.3 is 16.0 Å². The molecule has 1 aliphatic heterocycles. The number of H-pyrrole nitrogens is 1. The molecule has 3 aromatic heterocycles. The molecule has 4 aromatic rings. The van der Waals surface area contributed by atoms with Crippen molar-refractivity contribution in [3.05, 3.63) is 54.5 Å². The van der Waals surface area contributed by atoms with Gasteiger partial charge in [0.1, 0.15) is 10.7 Å². The molecule has 0 radical (unpaired) electrons. The van der Waals surface area contributed by atoms with Gasteiger partial charge in [-0.3, -0.25) is 14.3 Å². The molecule has 1 amide bonds. The number of aryl methyl sites for hydroxylation is 1. The molecule has 0 saturated carbocycles. The number of fused-ring (bicyclic) bond motifs is 1. The van der Waals surface area contributed by atoms with Crippen molar-refractivity contribution >= 4 is 40.8 Å². The number of hydrogen-bond donors (Lipinski definition) is 4. The van der Waals surface area contributed by atoms with Gasteiger partial charge in [0, 0.05) is 40.8 Å². The Morgan fingerprint density at radius 3 is 2.87 bits per heavy atom. The Bertz CT molecular complexity index is 1210. The van der Waals surface area contributed by atoms with Crippen molar-refractivity contribution in [1.82, 2.24) is 29.9 Å². The molecule has 0 aliphatic carbocycles. The second-order valence-electron chi connectivity index (χ2n) is 7.40. The summed E-state index contributed by atoms with van der Waals surface area (Å²) in [7, 11) is 0. The average molecular weight is 435 g/mol. The molecule has 1 saturated heterocycles. The number of rotatable bonds is 6. The number of amides is 1. The third kappa shape index (κ3) is 4.39. The molecule has 4 N–H and O–H groups in total. The zero-order valence-electron chi connectivity index (χ0n) is 16.9. The number of anilines is 3. The van der Waals surface area contributed by atoms with E-state index in [4.69, 9.17) is 4.98 Å². The Morgan fingerprint density at radius 2 is 2.13 bits per heavy atom. The Labute approximate surface area is 183 Å². The second kappa shape index (κ2) is 8.40. The topological polar surface area (TPSA) is 112 Å². The van der Waals surface area contributed by atoms with Crippen LogP contribution in [0.25, 0.3) is 5.65 Å². The quantitative estimate of drug-likeness (QED) is 0.344. The van der Waals surface area contributed by atoms with Gasteiger partial charge in [0.25, 0.3) is 0 Å². The number of aromatic amines is 1. The Balaban J connectivity index is 1.32. The summed E-state index contributed by atoms with van der Waals surface area (Å²) in [6.07, 6.45) is 5.52. The number of hydrogen-bond acceptors (Lipinski definition) is 7. The van der Waals surface area contributed by atoms with Crippen molar-refractivity contribution in [2.45, 2.75) is 35.7 Å². The van der Waals surface area contributed by atoms with Crippen molar-refractivity contribution < 1.29 is 4.79 Å². The van der Waals surface area contributed by atoms with Gasteiger partial charge in [0.05, 0.1) is 6.04 Å². The normalized spacial score (nSPS) is 16.0. The third-order valence-electron chi connectivity index (χ3n) is 5.03. The molecule has 31 heavy (non-hydrogen) atoms. The number of nitrogens with one attached hydrogen (secondary N) is 4. The first-order valence-corrected chi connectivity index (χ1v) is 10.9. The highest BCUT2D eigenvalue weighted by molar-refractivity contribution is 7.99. The van der Waals surface area contributed by atoms with Crippen LogP contribution < -0.4 is 16.0 Å². The summed E-state index contributed by atoms with van der Waals surface area (Å²) in [5, 5.41) is 17.4. The number of imidazole rings is 1. The molecule has 1 aliphatic rings. The molecule has 0 spiro atoms. The van der Waals surface area contributed by atoms with Gasteiger partial charge in [-0.2, -0.15) is 5.10 Å². The van der Waals surface area contributed by atoms with E-state index in [1.54, 1.807) is 6.20 Å². The van der Waals surface area contributed by atoms with Crippen molar-refractivity contribution in [3.8, 4) is 0 Å². The van der Waals surface area contributed by atoms with Gasteiger partial charge in [0.15, 0.2) is 5.82 Å². The van der Waals surface area contributed by atoms with Crippen LogP contribution in [0.2, 0.25) is 0 Å². The van der Waals surface area contributed by atoms with Gasteiger partial charge in [-0.1, -0.05) is 11.8 Å². The van der Waals surface area contributed by atoms with Gasteiger partial charge in [-0.25, -0.2) is 9.97 Å². The zero-order chi connectivity index (χ0) is 21.2. The molecule has 0 bridgehead atoms. The summed E-state index contributed by atoms with van der Waals surface area (Å²) in [6, 6.07) is 11.5. The molecule has 1 aromatic carbocycles. The van der Waals surface area contributed by atoms with E-state index in [9.17, 15) is 4.79 Å². The van der Waals surface area contributed by atoms with E-state index in [1.807, 2.05) is 53.9 Å². The number of nitrogens with zero attached hydrogens (tertiary/aromatic N) is 4. The third-order valence-corrected chi connectivity index (χ3v) is 5.96. The van der Waals surface area contributed by atoms with Crippen molar-refractivity contribution in [2.75, 3.05) is 17.2 Å². The summed E-state index contributed by atoms with van der Waals surface area (Å²) in [5.41, 5.74) is 2.54. The van der Waals surface area contributed by atoms with Crippen molar-refractivity contribution in [1.29, 1.82) is 0 Å². The monoisotopic (exact) mass is 434 g/mol. The summed E-state index contributed by atoms with van der Waals surface area (Å²) in [6.45, 7) is 2.85. The van der Waals surface area contributed by atoms with Crippen LogP contribution >= 0.6 is 11.8 Å². The van der Waals surface area contributed by atoms with E-state index < -0.39 is 0 Å². The molecule has 5 rings (SSSR count). The summed E-state index contributed by atoms with van der Waals surface area (Å²) in [5.74, 6) is 1.35. The summed E-state index contributed by atoms with van der Waals surface area (Å²) in [4.78, 5) is 22.4. The van der Waals surface area contributed by atoms with E-state index in [1.165, 1.54) is 11.8 Å². The van der Waals surface area contributed by atoms with E-state index in [-0.39, 0.29) is 11.9 Å². The molecule has 1 unspecified atom stereocenters. The smallest absolute Gasteiger partial charge is 0.241 e. The molecule has 10 heteroatoms. The predicted molar refractivity (Wildman–Crippen MR) is 120 cm³/mol. The van der Waals surface area contributed by atoms with Crippen LogP contribution in [0.4, 0.5) is 17.5 Å². The lowest BCUT2D eigenvalue weighted by molar-refractivity contribution is -0.117. The van der Waals surface area contributed by atoms with Gasteiger partial charge >= 0.3 is 0 Å². The number of benzene rings is 1. The van der Waals surface area contributed by atoms with Crippen LogP contribution in [-0.4, -0.2) is 43.1 Å². The zero-order valence-corrected chi connectivity index (χ0v) is 17.7. The van der Waals surface area contributed by atoms with Crippen LogP contribution in [0.5, 0.6) is 0 Å². The lowest BCUT2D eigenvalue weighted by Gasteiger charge is -2.11. The highest BCUT2D eigenvalue weighted by Crippen LogP contribution is 2.29. The highest BCUT2D eigenvalue weighted by Gasteiger charge is 2.21. The van der Waals surface area contributed by atoms with Gasteiger partial charge in [-0.05, 0) is 50.6 Å². The molecule has 1 atom stereocenters. The molecule has 4 heterocycles. The maximum atomic E-state index is 12.3. The fraction of sp³-hybridized carbons (Fsp3) is 0.238. The Hall–Kier alpha value is -3.37. The molecule has 9 nitrogen and oxygen atoms in total. The average Bonchev–Trinajstić information content (AvgIpc) is 3.51. The number of aromatic nitrogens is 5. The minimum Gasteiger partial charge on any atom is -0.325 e. The van der Waals surface area contributed by atoms with E-state index in [2.05, 4.69) is 31.1 Å². The maximum Gasteiger partial charge on any atom is 0.241 e. The Kier molecular flexibility index (Phi) is 5.31. The van der Waals surface area contributed by atoms with Crippen LogP contribution in [0.1, 0.15) is 18.5 Å². The molecule has 1 fully saturated rings. The summed E-state index contributed by atoms with van der Waals surface area (Å²) >= 11 is 1.53. The van der Waals surface area contributed by atoms with Crippen LogP contribution in [0, 0.1) is 6.92 Å². The lowest BCUT2D eigenvalue weighted by Crippen LogP contribution is -2.35. The van der Waals surface area contributed by atoms with Crippen LogP contribution in [0.15, 0.2) is 58.7 Å². The SMILES string of the molecule is Cc1cc(Nc2nc(Sc3ccc(NC(=O)C4CCCN4)cc3)cc3nccn23)n[nH]1. The van der Waals surface area contributed by atoms with Gasteiger partial charge in [0.2, 0.25) is 11.9 Å². The van der Waals surface area contributed by atoms with Crippen LogP contribution in [-0.2, 0) is 4.79 Å². The first-order valence-electron chi connectivity index (χ1n) is 10.1. The van der Waals surface area contributed by atoms with E-state index >= 15 is 0 Å². The fourth-order valence-electron chi connectivity index (χ4n) is 3.50. The molecule has 158 valence electrons. The van der Waals surface area contributed by atoms with E-state index in [0.717, 1.165) is 46.3 Å². The fourth-order valence-corrected chi connectivity index (χ4v) is 4.31. The second-order valence-corrected chi connectivity index (χ2v) is 8.49. The first kappa shape index (κ1) is 19.6. The summed E-state index contributed by atoms with van der Waals surface area (Å²) < 4.78 is 1.88. The number of carbonyl (C=O) groups excluding carboxylic acids is 1.